The van der Waals surface area contributed by atoms with E-state index < -0.39 is 27.8 Å². The average Bonchev–Trinajstić information content (AvgIpc) is 0.652. The SMILES string of the molecule is CCCCCCCCCCCn1c(=O)c2ccc3c4c(Br)cc5c(=O)n(CCCCCCCCCCC)c(=O)c6cc7c8c9cc%10c(=O)[nH]c(=O)c%11ccc%12c%13c(Br)cc%14c(=O)n(CCCCCCCCCCC)c(=O)c%15cc(c8c8cc(c1=O)c2c3c8c7c4c56)c(c9c%12c%11%10)c%13c%14%15. The molecule has 4 aromatic heterocycles. The quantitative estimate of drug-likeness (QED) is 0.0264. The Morgan fingerprint density at radius 1 is 0.237 bits per heavy atom. The van der Waals surface area contributed by atoms with Crippen LogP contribution in [-0.4, -0.2) is 18.7 Å². The van der Waals surface area contributed by atoms with Gasteiger partial charge in [-0.15, -0.1) is 0 Å². The summed E-state index contributed by atoms with van der Waals surface area (Å²) in [5.41, 5.74) is -3.41. The van der Waals surface area contributed by atoms with Gasteiger partial charge in [-0.25, -0.2) is 0 Å². The van der Waals surface area contributed by atoms with E-state index in [1.54, 1.807) is 6.07 Å². The average molecular weight is 1420 g/mol. The lowest BCUT2D eigenvalue weighted by molar-refractivity contribution is 0.530. The molecule has 16 rings (SSSR count). The number of pyridine rings is 4. The number of fused-ring (bicyclic) bond motifs is 7. The van der Waals surface area contributed by atoms with Gasteiger partial charge in [0.25, 0.3) is 44.5 Å². The van der Waals surface area contributed by atoms with Crippen LogP contribution in [0.4, 0.5) is 0 Å². The molecule has 0 radical (unpaired) electrons. The number of H-pyrrole nitrogens is 1. The summed E-state index contributed by atoms with van der Waals surface area (Å²) in [7, 11) is 0. The first kappa shape index (κ1) is 63.8. The number of nitrogens with one attached hydrogen (secondary N) is 1. The van der Waals surface area contributed by atoms with Crippen molar-refractivity contribution < 1.29 is 0 Å². The zero-order chi connectivity index (χ0) is 66.8. The fourth-order valence-corrected chi connectivity index (χ4v) is 19.3. The highest BCUT2D eigenvalue weighted by molar-refractivity contribution is 9.11. The van der Waals surface area contributed by atoms with Crippen LogP contribution in [0.3, 0.4) is 0 Å². The molecule has 0 bridgehead atoms. The number of hydrogen-bond donors (Lipinski definition) is 1. The van der Waals surface area contributed by atoms with Gasteiger partial charge in [-0.2, -0.15) is 0 Å². The van der Waals surface area contributed by atoms with Gasteiger partial charge in [-0.05, 0) is 143 Å². The maximum atomic E-state index is 15.9. The summed E-state index contributed by atoms with van der Waals surface area (Å²) >= 11 is 8.07. The second kappa shape index (κ2) is 25.4. The highest BCUT2D eigenvalue weighted by Gasteiger charge is 2.34. The number of aromatic amines is 1. The van der Waals surface area contributed by atoms with Crippen molar-refractivity contribution in [2.75, 3.05) is 0 Å². The summed E-state index contributed by atoms with van der Waals surface area (Å²) in [6.07, 6.45) is 28.9. The van der Waals surface area contributed by atoms with Crippen LogP contribution in [0.25, 0.3) is 162 Å². The number of hydrogen-bond acceptors (Lipinski definition) is 8. The largest absolute Gasteiger partial charge is 0.288 e. The molecule has 16 aromatic rings. The summed E-state index contributed by atoms with van der Waals surface area (Å²) in [5.74, 6) is 0. The lowest BCUT2D eigenvalue weighted by atomic mass is 9.76. The van der Waals surface area contributed by atoms with E-state index >= 15 is 28.8 Å². The smallest absolute Gasteiger partial charge is 0.261 e. The molecule has 4 heterocycles. The molecular weight excluding hydrogens is 1340 g/mol. The summed E-state index contributed by atoms with van der Waals surface area (Å²) in [5, 5.41) is 17.4. The minimum Gasteiger partial charge on any atom is -0.288 e. The van der Waals surface area contributed by atoms with Crippen molar-refractivity contribution >= 4 is 193 Å². The van der Waals surface area contributed by atoms with Crippen LogP contribution in [0.1, 0.15) is 194 Å². The Bertz CT molecular complexity index is 6310. The molecule has 1 N–H and O–H groups in total. The minimum atomic E-state index is -0.568. The number of aromatic nitrogens is 4. The standard InChI is InChI=1S/C83H80Br2N4O8/c1-4-7-10-13-16-19-22-25-28-35-87-78(92)47-34-32-45-67-59(85)43-57-65-54(80(94)88(83(57)97)36-29-26-23-20-17-14-11-8-5-2)40-50-62-48-38-52-60-46(76(90)86-77(52)91)33-31-44-66-58(84)42-56-64-55(81(95)89(82(56)96)37-30-27-24-21-18-15-12-9-6-3)41-51(72(74(64)66)70(48)68(44)60)63(62)49-39-53(79(87)93)61(47)69(45)71(49)73(50)75(65)67/h31-34,38-43H,4-30,35-37H2,1-3H3,(H,86,90,91). The third kappa shape index (κ3) is 9.72. The summed E-state index contributed by atoms with van der Waals surface area (Å²) in [6.45, 7) is 7.38. The fraction of sp³-hybridized carbons (Fsp3) is 0.398. The van der Waals surface area contributed by atoms with Crippen molar-refractivity contribution in [2.45, 2.75) is 214 Å². The van der Waals surface area contributed by atoms with Gasteiger partial charge in [-0.3, -0.25) is 57.0 Å². The third-order valence-corrected chi connectivity index (χ3v) is 23.9. The normalized spacial score (nSPS) is 12.9. The van der Waals surface area contributed by atoms with Crippen LogP contribution in [0, 0.1) is 0 Å². The van der Waals surface area contributed by atoms with Crippen molar-refractivity contribution in [2.24, 2.45) is 0 Å². The fourth-order valence-electron chi connectivity index (χ4n) is 18.1. The predicted octanol–water partition coefficient (Wildman–Crippen LogP) is 20.2. The topological polar surface area (TPSA) is 167 Å². The monoisotopic (exact) mass is 1420 g/mol. The Hall–Kier alpha value is -7.94. The highest BCUT2D eigenvalue weighted by Crippen LogP contribution is 2.58. The molecule has 0 amide bonds. The van der Waals surface area contributed by atoms with E-state index in [1.165, 1.54) is 90.8 Å². The van der Waals surface area contributed by atoms with Crippen LogP contribution >= 0.6 is 31.9 Å². The Balaban J connectivity index is 1.04. The van der Waals surface area contributed by atoms with Gasteiger partial charge >= 0.3 is 0 Å². The van der Waals surface area contributed by atoms with Crippen molar-refractivity contribution in [1.82, 2.24) is 18.7 Å². The summed E-state index contributed by atoms with van der Waals surface area (Å²) in [6, 6.07) is 18.9. The van der Waals surface area contributed by atoms with Gasteiger partial charge in [0.1, 0.15) is 0 Å². The number of benzene rings is 12. The van der Waals surface area contributed by atoms with Gasteiger partial charge in [0.05, 0.1) is 0 Å². The van der Waals surface area contributed by atoms with Gasteiger partial charge in [0.15, 0.2) is 0 Å². The van der Waals surface area contributed by atoms with Gasteiger partial charge in [0, 0.05) is 115 Å². The molecule has 0 saturated carbocycles. The van der Waals surface area contributed by atoms with Gasteiger partial charge < -0.3 is 0 Å². The number of unbranched alkanes of at least 4 members (excludes halogenated alkanes) is 24. The maximum absolute atomic E-state index is 15.9. The molecule has 0 saturated heterocycles. The first-order valence-electron chi connectivity index (χ1n) is 36.5. The van der Waals surface area contributed by atoms with E-state index in [4.69, 9.17) is 0 Å². The molecule has 0 aliphatic carbocycles. The molecule has 14 heteroatoms. The number of rotatable bonds is 30. The third-order valence-electron chi connectivity index (χ3n) is 22.7. The first-order chi connectivity index (χ1) is 47.3. The summed E-state index contributed by atoms with van der Waals surface area (Å²) in [4.78, 5) is 125. The lowest BCUT2D eigenvalue weighted by Gasteiger charge is -2.27. The second-order valence-corrected chi connectivity index (χ2v) is 30.3. The van der Waals surface area contributed by atoms with E-state index in [2.05, 4.69) is 57.6 Å². The predicted molar refractivity (Wildman–Crippen MR) is 414 cm³/mol. The highest BCUT2D eigenvalue weighted by atomic mass is 79.9. The van der Waals surface area contributed by atoms with E-state index in [0.717, 1.165) is 109 Å². The molecule has 12 aromatic carbocycles. The van der Waals surface area contributed by atoms with Crippen LogP contribution in [0.2, 0.25) is 0 Å². The molecule has 0 aliphatic rings. The number of halogens is 2. The zero-order valence-electron chi connectivity index (χ0n) is 55.9. The molecule has 0 aliphatic heterocycles. The van der Waals surface area contributed by atoms with Crippen LogP contribution in [0.15, 0.2) is 108 Å². The minimum absolute atomic E-state index is 0.238. The van der Waals surface area contributed by atoms with E-state index in [9.17, 15) is 9.59 Å². The Kier molecular flexibility index (Phi) is 16.7. The van der Waals surface area contributed by atoms with Crippen LogP contribution in [-0.2, 0) is 19.6 Å². The Morgan fingerprint density at radius 3 is 0.835 bits per heavy atom. The van der Waals surface area contributed by atoms with Crippen LogP contribution < -0.4 is 44.5 Å². The number of nitrogens with zero attached hydrogens (tertiary/aromatic N) is 3. The van der Waals surface area contributed by atoms with E-state index in [1.807, 2.05) is 54.6 Å². The molecule has 0 unspecified atom stereocenters. The summed E-state index contributed by atoms with van der Waals surface area (Å²) < 4.78 is 5.48. The zero-order valence-corrected chi connectivity index (χ0v) is 59.0. The van der Waals surface area contributed by atoms with E-state index in [0.29, 0.717) is 152 Å². The lowest BCUT2D eigenvalue weighted by Crippen LogP contribution is -2.33. The van der Waals surface area contributed by atoms with Crippen LogP contribution in [0.5, 0.6) is 0 Å². The van der Waals surface area contributed by atoms with Gasteiger partial charge in [-0.1, -0.05) is 219 Å². The molecule has 97 heavy (non-hydrogen) atoms. The Labute approximate surface area is 574 Å². The van der Waals surface area contributed by atoms with Crippen molar-refractivity contribution in [1.29, 1.82) is 0 Å². The maximum Gasteiger partial charge on any atom is 0.261 e. The van der Waals surface area contributed by atoms with Crippen molar-refractivity contribution in [3.05, 3.63) is 152 Å². The molecule has 12 nitrogen and oxygen atoms in total. The Morgan fingerprint density at radius 2 is 0.474 bits per heavy atom. The first-order valence-corrected chi connectivity index (χ1v) is 38.0. The molecular formula is C83H80Br2N4O8. The molecule has 0 spiro atoms. The molecule has 494 valence electrons. The van der Waals surface area contributed by atoms with Crippen molar-refractivity contribution in [3.8, 4) is 0 Å². The van der Waals surface area contributed by atoms with Crippen molar-refractivity contribution in [3.63, 3.8) is 0 Å². The molecule has 0 atom stereocenters. The van der Waals surface area contributed by atoms with Gasteiger partial charge in [0.2, 0.25) is 0 Å². The molecule has 0 fully saturated rings. The second-order valence-electron chi connectivity index (χ2n) is 28.6. The van der Waals surface area contributed by atoms with E-state index in [-0.39, 0.29) is 41.7 Å².